The lowest BCUT2D eigenvalue weighted by atomic mass is 10.1. The van der Waals surface area contributed by atoms with Crippen molar-refractivity contribution in [2.24, 2.45) is 0 Å². The van der Waals surface area contributed by atoms with Crippen LogP contribution < -0.4 is 10.6 Å². The standard InChI is InChI=1S/C17H30N2O6/c1-24-16(22)12-14(20)18-10-8-6-4-3-5-7-9-11-19-15(21)13-17(23)25-2/h3-13H2,1-2H3,(H,18,20)(H,19,21). The molecule has 0 unspecified atom stereocenters. The molecule has 0 aromatic heterocycles. The van der Waals surface area contributed by atoms with Crippen LogP contribution in [-0.2, 0) is 28.7 Å². The summed E-state index contributed by atoms with van der Waals surface area (Å²) in [6.07, 6.45) is 6.63. The van der Waals surface area contributed by atoms with Crippen molar-refractivity contribution in [3.63, 3.8) is 0 Å². The smallest absolute Gasteiger partial charge is 0.315 e. The quantitative estimate of drug-likeness (QED) is 0.273. The molecule has 8 nitrogen and oxygen atoms in total. The number of ether oxygens (including phenoxy) is 2. The number of hydrogen-bond donors (Lipinski definition) is 2. The number of unbranched alkanes of at least 4 members (excludes halogenated alkanes) is 6. The topological polar surface area (TPSA) is 111 Å². The van der Waals surface area contributed by atoms with Crippen molar-refractivity contribution in [2.45, 2.75) is 57.8 Å². The average molecular weight is 358 g/mol. The van der Waals surface area contributed by atoms with E-state index in [1.807, 2.05) is 0 Å². The molecule has 2 N–H and O–H groups in total. The van der Waals surface area contributed by atoms with E-state index >= 15 is 0 Å². The molecule has 0 rings (SSSR count). The highest BCUT2D eigenvalue weighted by Crippen LogP contribution is 2.06. The van der Waals surface area contributed by atoms with E-state index in [2.05, 4.69) is 20.1 Å². The highest BCUT2D eigenvalue weighted by molar-refractivity contribution is 5.94. The van der Waals surface area contributed by atoms with Crippen molar-refractivity contribution in [2.75, 3.05) is 27.3 Å². The summed E-state index contributed by atoms with van der Waals surface area (Å²) >= 11 is 0. The molecule has 0 fully saturated rings. The molecule has 0 aliphatic rings. The monoisotopic (exact) mass is 358 g/mol. The van der Waals surface area contributed by atoms with E-state index in [4.69, 9.17) is 0 Å². The minimum Gasteiger partial charge on any atom is -0.469 e. The van der Waals surface area contributed by atoms with Crippen LogP contribution in [-0.4, -0.2) is 51.1 Å². The van der Waals surface area contributed by atoms with Gasteiger partial charge < -0.3 is 20.1 Å². The van der Waals surface area contributed by atoms with Crippen LogP contribution in [0.25, 0.3) is 0 Å². The van der Waals surface area contributed by atoms with Crippen LogP contribution in [0.2, 0.25) is 0 Å². The van der Waals surface area contributed by atoms with Crippen molar-refractivity contribution in [1.82, 2.24) is 10.6 Å². The van der Waals surface area contributed by atoms with E-state index in [0.717, 1.165) is 44.9 Å². The maximum atomic E-state index is 11.3. The summed E-state index contributed by atoms with van der Waals surface area (Å²) < 4.78 is 8.82. The van der Waals surface area contributed by atoms with Gasteiger partial charge in [-0.1, -0.05) is 32.1 Å². The Hall–Kier alpha value is -2.12. The van der Waals surface area contributed by atoms with Gasteiger partial charge in [0.25, 0.3) is 0 Å². The fourth-order valence-corrected chi connectivity index (χ4v) is 2.12. The molecule has 0 atom stereocenters. The zero-order chi connectivity index (χ0) is 18.9. The van der Waals surface area contributed by atoms with Crippen molar-refractivity contribution in [3.05, 3.63) is 0 Å². The summed E-state index contributed by atoms with van der Waals surface area (Å²) in [6.45, 7) is 1.14. The lowest BCUT2D eigenvalue weighted by molar-refractivity contribution is -0.145. The van der Waals surface area contributed by atoms with E-state index in [9.17, 15) is 19.2 Å². The van der Waals surface area contributed by atoms with E-state index in [-0.39, 0.29) is 24.7 Å². The maximum Gasteiger partial charge on any atom is 0.315 e. The molecule has 0 radical (unpaired) electrons. The van der Waals surface area contributed by atoms with Crippen LogP contribution >= 0.6 is 0 Å². The molecule has 0 bridgehead atoms. The summed E-state index contributed by atoms with van der Waals surface area (Å²) in [4.78, 5) is 44.4. The van der Waals surface area contributed by atoms with E-state index < -0.39 is 11.9 Å². The number of carbonyl (C=O) groups excluding carboxylic acids is 4. The molecule has 0 aliphatic heterocycles. The summed E-state index contributed by atoms with van der Waals surface area (Å²) in [5.41, 5.74) is 0. The molecular formula is C17H30N2O6. The first kappa shape index (κ1) is 22.9. The van der Waals surface area contributed by atoms with Crippen LogP contribution in [0.3, 0.4) is 0 Å². The molecule has 0 spiro atoms. The molecule has 8 heteroatoms. The largest absolute Gasteiger partial charge is 0.469 e. The van der Waals surface area contributed by atoms with Gasteiger partial charge in [-0.05, 0) is 12.8 Å². The Labute approximate surface area is 149 Å². The minimum atomic E-state index is -0.529. The second-order valence-corrected chi connectivity index (χ2v) is 5.68. The maximum absolute atomic E-state index is 11.3. The predicted molar refractivity (Wildman–Crippen MR) is 91.6 cm³/mol. The molecule has 0 saturated heterocycles. The number of methoxy groups -OCH3 is 2. The normalized spacial score (nSPS) is 10.0. The zero-order valence-electron chi connectivity index (χ0n) is 15.2. The van der Waals surface area contributed by atoms with Crippen molar-refractivity contribution in [3.8, 4) is 0 Å². The van der Waals surface area contributed by atoms with E-state index in [1.54, 1.807) is 0 Å². The fraction of sp³-hybridized carbons (Fsp3) is 0.765. The fourth-order valence-electron chi connectivity index (χ4n) is 2.12. The summed E-state index contributed by atoms with van der Waals surface area (Å²) in [5.74, 6) is -1.67. The van der Waals surface area contributed by atoms with Gasteiger partial charge in [-0.25, -0.2) is 0 Å². The first-order chi connectivity index (χ1) is 12.0. The highest BCUT2D eigenvalue weighted by Gasteiger charge is 2.08. The number of hydrogen-bond acceptors (Lipinski definition) is 6. The SMILES string of the molecule is COC(=O)CC(=O)NCCCCCCCCCNC(=O)CC(=O)OC. The third-order valence-corrected chi connectivity index (χ3v) is 3.56. The van der Waals surface area contributed by atoms with Crippen LogP contribution in [0.5, 0.6) is 0 Å². The third-order valence-electron chi connectivity index (χ3n) is 3.56. The van der Waals surface area contributed by atoms with Crippen molar-refractivity contribution >= 4 is 23.8 Å². The number of carbonyl (C=O) groups is 4. The second kappa shape index (κ2) is 15.4. The molecule has 144 valence electrons. The van der Waals surface area contributed by atoms with Gasteiger partial charge in [0.1, 0.15) is 12.8 Å². The first-order valence-electron chi connectivity index (χ1n) is 8.66. The van der Waals surface area contributed by atoms with Crippen LogP contribution in [0, 0.1) is 0 Å². The molecular weight excluding hydrogens is 328 g/mol. The first-order valence-corrected chi connectivity index (χ1v) is 8.66. The molecule has 25 heavy (non-hydrogen) atoms. The summed E-state index contributed by atoms with van der Waals surface area (Å²) in [7, 11) is 2.51. The van der Waals surface area contributed by atoms with Gasteiger partial charge >= 0.3 is 11.9 Å². The Kier molecular flexibility index (Phi) is 14.1. The van der Waals surface area contributed by atoms with Gasteiger partial charge in [-0.3, -0.25) is 19.2 Å². The predicted octanol–water partition coefficient (Wildman–Crippen LogP) is 1.08. The van der Waals surface area contributed by atoms with Gasteiger partial charge in [0.15, 0.2) is 0 Å². The second-order valence-electron chi connectivity index (χ2n) is 5.68. The number of rotatable bonds is 14. The Morgan fingerprint density at radius 1 is 0.600 bits per heavy atom. The molecule has 0 aromatic carbocycles. The summed E-state index contributed by atoms with van der Waals surface area (Å²) in [5, 5.41) is 5.36. The van der Waals surface area contributed by atoms with Crippen molar-refractivity contribution in [1.29, 1.82) is 0 Å². The van der Waals surface area contributed by atoms with Gasteiger partial charge in [0.05, 0.1) is 14.2 Å². The molecule has 0 aromatic rings. The van der Waals surface area contributed by atoms with E-state index in [1.165, 1.54) is 14.2 Å². The molecule has 0 heterocycles. The Morgan fingerprint density at radius 3 is 1.24 bits per heavy atom. The minimum absolute atomic E-state index is 0.229. The molecule has 2 amide bonds. The van der Waals surface area contributed by atoms with Crippen LogP contribution in [0.15, 0.2) is 0 Å². The Morgan fingerprint density at radius 2 is 0.920 bits per heavy atom. The summed E-state index contributed by atoms with van der Waals surface area (Å²) in [6, 6.07) is 0. The Bertz CT molecular complexity index is 387. The lowest BCUT2D eigenvalue weighted by Crippen LogP contribution is -2.27. The average Bonchev–Trinajstić information content (AvgIpc) is 2.59. The van der Waals surface area contributed by atoms with Gasteiger partial charge in [0.2, 0.25) is 11.8 Å². The number of amides is 2. The lowest BCUT2D eigenvalue weighted by Gasteiger charge is -2.05. The van der Waals surface area contributed by atoms with Gasteiger partial charge in [-0.15, -0.1) is 0 Å². The van der Waals surface area contributed by atoms with Crippen LogP contribution in [0.1, 0.15) is 57.8 Å². The van der Waals surface area contributed by atoms with Gasteiger partial charge in [0, 0.05) is 13.1 Å². The highest BCUT2D eigenvalue weighted by atomic mass is 16.5. The zero-order valence-corrected chi connectivity index (χ0v) is 15.2. The van der Waals surface area contributed by atoms with E-state index in [0.29, 0.717) is 13.1 Å². The van der Waals surface area contributed by atoms with Crippen LogP contribution in [0.4, 0.5) is 0 Å². The Balaban J connectivity index is 3.31. The van der Waals surface area contributed by atoms with Gasteiger partial charge in [-0.2, -0.15) is 0 Å². The third kappa shape index (κ3) is 15.2. The number of nitrogens with one attached hydrogen (secondary N) is 2. The number of esters is 2. The molecule has 0 saturated carbocycles. The molecule has 0 aliphatic carbocycles. The van der Waals surface area contributed by atoms with Crippen molar-refractivity contribution < 1.29 is 28.7 Å².